The van der Waals surface area contributed by atoms with Gasteiger partial charge >= 0.3 is 0 Å². The standard InChI is InChI=1S/C17H22FNO2/c18-15-6-3-4-13(10-15)16(20)12-19-9-8-17(21)7-2-1-5-14(17)11-19/h3-4,6,10,14,21H,1-2,5,7-9,11-12H2. The van der Waals surface area contributed by atoms with Gasteiger partial charge < -0.3 is 5.11 Å². The highest BCUT2D eigenvalue weighted by Crippen LogP contribution is 2.39. The van der Waals surface area contributed by atoms with Gasteiger partial charge in [0.25, 0.3) is 0 Å². The van der Waals surface area contributed by atoms with E-state index in [9.17, 15) is 14.3 Å². The minimum absolute atomic E-state index is 0.0456. The Morgan fingerprint density at radius 1 is 1.38 bits per heavy atom. The second kappa shape index (κ2) is 5.85. The van der Waals surface area contributed by atoms with Gasteiger partial charge in [0.15, 0.2) is 5.78 Å². The fourth-order valence-corrected chi connectivity index (χ4v) is 3.74. The number of ketones is 1. The molecule has 1 aliphatic carbocycles. The summed E-state index contributed by atoms with van der Waals surface area (Å²) in [5, 5.41) is 10.6. The molecule has 0 bridgehead atoms. The highest BCUT2D eigenvalue weighted by atomic mass is 19.1. The average Bonchev–Trinajstić information content (AvgIpc) is 2.47. The van der Waals surface area contributed by atoms with Gasteiger partial charge in [0, 0.05) is 24.6 Å². The Morgan fingerprint density at radius 3 is 3.05 bits per heavy atom. The number of halogens is 1. The van der Waals surface area contributed by atoms with Crippen molar-refractivity contribution in [1.82, 2.24) is 4.90 Å². The van der Waals surface area contributed by atoms with Crippen LogP contribution in [-0.4, -0.2) is 41.0 Å². The summed E-state index contributed by atoms with van der Waals surface area (Å²) in [5.74, 6) is -0.141. The molecule has 1 saturated heterocycles. The van der Waals surface area contributed by atoms with Crippen LogP contribution < -0.4 is 0 Å². The molecule has 4 heteroatoms. The SMILES string of the molecule is O=C(CN1CCC2(O)CCCCC2C1)c1cccc(F)c1. The lowest BCUT2D eigenvalue weighted by molar-refractivity contribution is -0.0936. The van der Waals surface area contributed by atoms with E-state index in [4.69, 9.17) is 0 Å². The van der Waals surface area contributed by atoms with E-state index in [0.29, 0.717) is 12.1 Å². The van der Waals surface area contributed by atoms with Crippen molar-refractivity contribution in [2.45, 2.75) is 37.7 Å². The van der Waals surface area contributed by atoms with E-state index < -0.39 is 5.60 Å². The molecule has 1 N–H and O–H groups in total. The van der Waals surface area contributed by atoms with Crippen LogP contribution in [0.25, 0.3) is 0 Å². The molecule has 2 unspecified atom stereocenters. The summed E-state index contributed by atoms with van der Waals surface area (Å²) in [6.45, 7) is 1.83. The van der Waals surface area contributed by atoms with Crippen LogP contribution >= 0.6 is 0 Å². The van der Waals surface area contributed by atoms with Gasteiger partial charge in [-0.25, -0.2) is 4.39 Å². The Morgan fingerprint density at radius 2 is 2.24 bits per heavy atom. The highest BCUT2D eigenvalue weighted by Gasteiger charge is 2.42. The number of likely N-dealkylation sites (tertiary alicyclic amines) is 1. The Kier molecular flexibility index (Phi) is 4.09. The van der Waals surface area contributed by atoms with Gasteiger partial charge in [0.05, 0.1) is 12.1 Å². The average molecular weight is 291 g/mol. The van der Waals surface area contributed by atoms with Crippen LogP contribution in [0.1, 0.15) is 42.5 Å². The summed E-state index contributed by atoms with van der Waals surface area (Å²) in [7, 11) is 0. The van der Waals surface area contributed by atoms with Crippen molar-refractivity contribution >= 4 is 5.78 Å². The first-order valence-corrected chi connectivity index (χ1v) is 7.80. The maximum absolute atomic E-state index is 13.2. The predicted molar refractivity (Wildman–Crippen MR) is 78.7 cm³/mol. The van der Waals surface area contributed by atoms with Crippen LogP contribution in [0, 0.1) is 11.7 Å². The summed E-state index contributed by atoms with van der Waals surface area (Å²) >= 11 is 0. The number of rotatable bonds is 3. The molecule has 1 heterocycles. The van der Waals surface area contributed by atoms with Crippen molar-refractivity contribution in [1.29, 1.82) is 0 Å². The molecule has 21 heavy (non-hydrogen) atoms. The van der Waals surface area contributed by atoms with Gasteiger partial charge in [0.2, 0.25) is 0 Å². The van der Waals surface area contributed by atoms with Gasteiger partial charge in [-0.1, -0.05) is 25.0 Å². The van der Waals surface area contributed by atoms with E-state index in [-0.39, 0.29) is 17.5 Å². The molecular formula is C17H22FNO2. The molecule has 0 spiro atoms. The number of hydrogen-bond acceptors (Lipinski definition) is 3. The third-order valence-electron chi connectivity index (χ3n) is 5.03. The first-order valence-electron chi connectivity index (χ1n) is 7.80. The molecule has 3 nitrogen and oxygen atoms in total. The minimum Gasteiger partial charge on any atom is -0.390 e. The van der Waals surface area contributed by atoms with Crippen LogP contribution in [0.15, 0.2) is 24.3 Å². The predicted octanol–water partition coefficient (Wildman–Crippen LogP) is 2.64. The number of carbonyl (C=O) groups excluding carboxylic acids is 1. The number of fused-ring (bicyclic) bond motifs is 1. The molecule has 1 aromatic carbocycles. The number of Topliss-reactive ketones (excluding diaryl/α,β-unsaturated/α-hetero) is 1. The maximum Gasteiger partial charge on any atom is 0.176 e. The summed E-state index contributed by atoms with van der Waals surface area (Å²) < 4.78 is 13.2. The topological polar surface area (TPSA) is 40.5 Å². The zero-order chi connectivity index (χ0) is 14.9. The molecule has 114 valence electrons. The Balaban J connectivity index is 1.62. The molecular weight excluding hydrogens is 269 g/mol. The number of hydrogen-bond donors (Lipinski definition) is 1. The van der Waals surface area contributed by atoms with Gasteiger partial charge in [-0.15, -0.1) is 0 Å². The molecule has 1 aromatic rings. The maximum atomic E-state index is 13.2. The molecule has 3 rings (SSSR count). The van der Waals surface area contributed by atoms with Crippen molar-refractivity contribution in [3.8, 4) is 0 Å². The number of piperidine rings is 1. The third-order valence-corrected chi connectivity index (χ3v) is 5.03. The van der Waals surface area contributed by atoms with Crippen LogP contribution in [0.3, 0.4) is 0 Å². The summed E-state index contributed by atoms with van der Waals surface area (Å²) in [6, 6.07) is 5.87. The fourth-order valence-electron chi connectivity index (χ4n) is 3.74. The van der Waals surface area contributed by atoms with Crippen LogP contribution in [0.2, 0.25) is 0 Å². The second-order valence-corrected chi connectivity index (χ2v) is 6.46. The van der Waals surface area contributed by atoms with Crippen LogP contribution in [-0.2, 0) is 0 Å². The Labute approximate surface area is 124 Å². The van der Waals surface area contributed by atoms with Gasteiger partial charge in [-0.05, 0) is 31.4 Å². The van der Waals surface area contributed by atoms with E-state index in [1.807, 2.05) is 0 Å². The van der Waals surface area contributed by atoms with Crippen molar-refractivity contribution in [2.24, 2.45) is 5.92 Å². The zero-order valence-electron chi connectivity index (χ0n) is 12.2. The summed E-state index contributed by atoms with van der Waals surface area (Å²) in [4.78, 5) is 14.3. The molecule has 2 aliphatic rings. The molecule has 1 aliphatic heterocycles. The number of nitrogens with zero attached hydrogens (tertiary/aromatic N) is 1. The quantitative estimate of drug-likeness (QED) is 0.870. The lowest BCUT2D eigenvalue weighted by Gasteiger charge is -2.47. The molecule has 2 atom stereocenters. The van der Waals surface area contributed by atoms with E-state index in [1.54, 1.807) is 12.1 Å². The van der Waals surface area contributed by atoms with Crippen molar-refractivity contribution in [3.05, 3.63) is 35.6 Å². The van der Waals surface area contributed by atoms with Crippen molar-refractivity contribution < 1.29 is 14.3 Å². The Hall–Kier alpha value is -1.26. The van der Waals surface area contributed by atoms with Crippen molar-refractivity contribution in [3.63, 3.8) is 0 Å². The van der Waals surface area contributed by atoms with Crippen LogP contribution in [0.4, 0.5) is 4.39 Å². The van der Waals surface area contributed by atoms with E-state index in [1.165, 1.54) is 18.6 Å². The smallest absolute Gasteiger partial charge is 0.176 e. The van der Waals surface area contributed by atoms with Gasteiger partial charge in [-0.2, -0.15) is 0 Å². The fraction of sp³-hybridized carbons (Fsp3) is 0.588. The first kappa shape index (κ1) is 14.7. The Bertz CT molecular complexity index is 533. The lowest BCUT2D eigenvalue weighted by atomic mass is 9.71. The number of benzene rings is 1. The normalized spacial score (nSPS) is 29.9. The molecule has 0 amide bonds. The zero-order valence-corrected chi connectivity index (χ0v) is 12.2. The monoisotopic (exact) mass is 291 g/mol. The molecule has 0 aromatic heterocycles. The van der Waals surface area contributed by atoms with E-state index in [2.05, 4.69) is 4.90 Å². The first-order chi connectivity index (χ1) is 10.1. The van der Waals surface area contributed by atoms with Gasteiger partial charge in [-0.3, -0.25) is 9.69 Å². The summed E-state index contributed by atoms with van der Waals surface area (Å²) in [6.07, 6.45) is 4.95. The van der Waals surface area contributed by atoms with Gasteiger partial charge in [0.1, 0.15) is 5.82 Å². The van der Waals surface area contributed by atoms with Crippen molar-refractivity contribution in [2.75, 3.05) is 19.6 Å². The lowest BCUT2D eigenvalue weighted by Crippen LogP contribution is -2.54. The molecule has 1 saturated carbocycles. The second-order valence-electron chi connectivity index (χ2n) is 6.46. The van der Waals surface area contributed by atoms with Crippen LogP contribution in [0.5, 0.6) is 0 Å². The van der Waals surface area contributed by atoms with E-state index in [0.717, 1.165) is 38.8 Å². The number of carbonyl (C=O) groups is 1. The number of aliphatic hydroxyl groups is 1. The highest BCUT2D eigenvalue weighted by molar-refractivity contribution is 5.97. The van der Waals surface area contributed by atoms with E-state index >= 15 is 0 Å². The third kappa shape index (κ3) is 3.16. The summed E-state index contributed by atoms with van der Waals surface area (Å²) in [5.41, 5.74) is -0.0871. The minimum atomic E-state index is -0.517. The molecule has 0 radical (unpaired) electrons. The molecule has 2 fully saturated rings. The largest absolute Gasteiger partial charge is 0.390 e.